The number of amides is 2. The van der Waals surface area contributed by atoms with Crippen molar-refractivity contribution in [1.29, 1.82) is 0 Å². The van der Waals surface area contributed by atoms with E-state index in [4.69, 9.17) is 9.47 Å². The molecule has 0 aliphatic carbocycles. The molecule has 0 saturated carbocycles. The first-order valence-corrected chi connectivity index (χ1v) is 9.40. The van der Waals surface area contributed by atoms with Crippen molar-refractivity contribution < 1.29 is 23.9 Å². The number of ether oxygens (including phenoxy) is 2. The Kier molecular flexibility index (Phi) is 7.84. The van der Waals surface area contributed by atoms with E-state index in [1.54, 1.807) is 0 Å². The second-order valence-electron chi connectivity index (χ2n) is 6.20. The summed E-state index contributed by atoms with van der Waals surface area (Å²) < 4.78 is 10.6. The highest BCUT2D eigenvalue weighted by Gasteiger charge is 2.37. The monoisotopic (exact) mass is 438 g/mol. The number of methoxy groups -OCH3 is 1. The van der Waals surface area contributed by atoms with Crippen LogP contribution < -0.4 is 5.32 Å². The van der Waals surface area contributed by atoms with Gasteiger partial charge in [0.05, 0.1) is 7.11 Å². The van der Waals surface area contributed by atoms with Crippen LogP contribution in [0.25, 0.3) is 0 Å². The fraction of sp³-hybridized carbons (Fsp3) is 0.421. The van der Waals surface area contributed by atoms with Gasteiger partial charge in [-0.15, -0.1) is 0 Å². The van der Waals surface area contributed by atoms with Gasteiger partial charge in [0.1, 0.15) is 18.7 Å². The number of rotatable bonds is 7. The van der Waals surface area contributed by atoms with Gasteiger partial charge in [-0.25, -0.2) is 9.59 Å². The van der Waals surface area contributed by atoms with Crippen LogP contribution in [0, 0.1) is 0 Å². The third-order valence-corrected chi connectivity index (χ3v) is 4.55. The molecule has 0 spiro atoms. The molecule has 1 heterocycles. The Hall–Kier alpha value is -2.35. The molecule has 8 heteroatoms. The van der Waals surface area contributed by atoms with Gasteiger partial charge in [0.2, 0.25) is 5.91 Å². The molecule has 1 N–H and O–H groups in total. The van der Waals surface area contributed by atoms with Crippen molar-refractivity contribution in [2.45, 2.75) is 38.0 Å². The average molecular weight is 439 g/mol. The average Bonchev–Trinajstić information content (AvgIpc) is 3.15. The zero-order chi connectivity index (χ0) is 19.8. The fourth-order valence-electron chi connectivity index (χ4n) is 2.88. The summed E-state index contributed by atoms with van der Waals surface area (Å²) in [6.45, 7) is 4.25. The molecule has 27 heavy (non-hydrogen) atoms. The number of esters is 1. The maximum absolute atomic E-state index is 12.6. The van der Waals surface area contributed by atoms with E-state index in [0.717, 1.165) is 5.56 Å². The van der Waals surface area contributed by atoms with Gasteiger partial charge in [0, 0.05) is 13.0 Å². The van der Waals surface area contributed by atoms with Crippen LogP contribution >= 0.6 is 15.9 Å². The van der Waals surface area contributed by atoms with Crippen LogP contribution in [-0.2, 0) is 25.7 Å². The first-order valence-electron chi connectivity index (χ1n) is 8.61. The van der Waals surface area contributed by atoms with E-state index < -0.39 is 30.1 Å². The van der Waals surface area contributed by atoms with E-state index in [1.165, 1.54) is 12.0 Å². The zero-order valence-corrected chi connectivity index (χ0v) is 16.7. The SMILES string of the molecule is C=C(Br)C[C@@H](NC(=O)[C@H]1CCCN1C(=O)OCc1ccccc1)C(=O)OC. The summed E-state index contributed by atoms with van der Waals surface area (Å²) in [6, 6.07) is 7.78. The van der Waals surface area contributed by atoms with E-state index in [1.807, 2.05) is 30.3 Å². The molecule has 0 radical (unpaired) electrons. The number of nitrogens with zero attached hydrogens (tertiary/aromatic N) is 1. The minimum absolute atomic E-state index is 0.138. The molecule has 2 amide bonds. The highest BCUT2D eigenvalue weighted by Crippen LogP contribution is 2.20. The van der Waals surface area contributed by atoms with Crippen LogP contribution in [-0.4, -0.2) is 48.6 Å². The summed E-state index contributed by atoms with van der Waals surface area (Å²) in [5.41, 5.74) is 0.868. The number of nitrogens with one attached hydrogen (secondary N) is 1. The molecule has 2 rings (SSSR count). The van der Waals surface area contributed by atoms with Crippen molar-refractivity contribution in [2.75, 3.05) is 13.7 Å². The molecule has 1 aliphatic heterocycles. The smallest absolute Gasteiger partial charge is 0.410 e. The van der Waals surface area contributed by atoms with E-state index in [2.05, 4.69) is 27.8 Å². The molecule has 1 aromatic carbocycles. The molecule has 1 aromatic rings. The largest absolute Gasteiger partial charge is 0.467 e. The van der Waals surface area contributed by atoms with Crippen LogP contribution in [0.5, 0.6) is 0 Å². The van der Waals surface area contributed by atoms with Gasteiger partial charge in [-0.2, -0.15) is 0 Å². The Morgan fingerprint density at radius 3 is 2.67 bits per heavy atom. The Labute approximate surface area is 166 Å². The van der Waals surface area contributed by atoms with Crippen LogP contribution in [0.4, 0.5) is 4.79 Å². The van der Waals surface area contributed by atoms with Crippen LogP contribution in [0.15, 0.2) is 41.4 Å². The fourth-order valence-corrected chi connectivity index (χ4v) is 3.21. The number of carbonyl (C=O) groups excluding carboxylic acids is 3. The van der Waals surface area contributed by atoms with Gasteiger partial charge in [0.25, 0.3) is 0 Å². The maximum atomic E-state index is 12.6. The predicted octanol–water partition coefficient (Wildman–Crippen LogP) is 2.74. The van der Waals surface area contributed by atoms with Gasteiger partial charge < -0.3 is 14.8 Å². The van der Waals surface area contributed by atoms with Gasteiger partial charge in [-0.05, 0) is 22.9 Å². The quantitative estimate of drug-likeness (QED) is 0.661. The lowest BCUT2D eigenvalue weighted by Crippen LogP contribution is -2.51. The second-order valence-corrected chi connectivity index (χ2v) is 7.32. The predicted molar refractivity (Wildman–Crippen MR) is 103 cm³/mol. The van der Waals surface area contributed by atoms with E-state index in [9.17, 15) is 14.4 Å². The lowest BCUT2D eigenvalue weighted by atomic mass is 10.1. The molecule has 0 bridgehead atoms. The molecule has 146 valence electrons. The zero-order valence-electron chi connectivity index (χ0n) is 15.2. The van der Waals surface area contributed by atoms with Gasteiger partial charge in [-0.3, -0.25) is 9.69 Å². The number of hydrogen-bond donors (Lipinski definition) is 1. The van der Waals surface area contributed by atoms with Crippen molar-refractivity contribution in [2.24, 2.45) is 0 Å². The molecular formula is C19H23BrN2O5. The highest BCUT2D eigenvalue weighted by atomic mass is 79.9. The molecule has 1 aliphatic rings. The molecule has 0 unspecified atom stereocenters. The van der Waals surface area contributed by atoms with Gasteiger partial charge in [0.15, 0.2) is 0 Å². The molecule has 0 aromatic heterocycles. The molecule has 2 atom stereocenters. The van der Waals surface area contributed by atoms with E-state index in [-0.39, 0.29) is 13.0 Å². The summed E-state index contributed by atoms with van der Waals surface area (Å²) in [7, 11) is 1.25. The number of halogens is 1. The maximum Gasteiger partial charge on any atom is 0.410 e. The standard InChI is InChI=1S/C19H23BrN2O5/c1-13(20)11-15(18(24)26-2)21-17(23)16-9-6-10-22(16)19(25)27-12-14-7-4-3-5-8-14/h3-5,7-8,15-16H,1,6,9-12H2,2H3,(H,21,23)/t15-,16-/m1/s1. The molecule has 7 nitrogen and oxygen atoms in total. The summed E-state index contributed by atoms with van der Waals surface area (Å²) in [5.74, 6) is -0.978. The Morgan fingerprint density at radius 2 is 2.04 bits per heavy atom. The molecule has 1 saturated heterocycles. The van der Waals surface area contributed by atoms with Crippen LogP contribution in [0.2, 0.25) is 0 Å². The third-order valence-electron chi connectivity index (χ3n) is 4.22. The van der Waals surface area contributed by atoms with Gasteiger partial charge in [-0.1, -0.05) is 52.8 Å². The van der Waals surface area contributed by atoms with Crippen molar-refractivity contribution in [3.63, 3.8) is 0 Å². The first-order chi connectivity index (χ1) is 12.9. The lowest BCUT2D eigenvalue weighted by Gasteiger charge is -2.25. The Morgan fingerprint density at radius 1 is 1.33 bits per heavy atom. The lowest BCUT2D eigenvalue weighted by molar-refractivity contribution is -0.145. The molecule has 1 fully saturated rings. The van der Waals surface area contributed by atoms with Crippen LogP contribution in [0.3, 0.4) is 0 Å². The first kappa shape index (κ1) is 21.0. The van der Waals surface area contributed by atoms with Crippen molar-refractivity contribution in [1.82, 2.24) is 10.2 Å². The highest BCUT2D eigenvalue weighted by molar-refractivity contribution is 9.11. The van der Waals surface area contributed by atoms with Crippen molar-refractivity contribution in [3.8, 4) is 0 Å². The van der Waals surface area contributed by atoms with Crippen LogP contribution in [0.1, 0.15) is 24.8 Å². The third kappa shape index (κ3) is 6.09. The summed E-state index contributed by atoms with van der Waals surface area (Å²) in [4.78, 5) is 38.3. The number of benzene rings is 1. The summed E-state index contributed by atoms with van der Waals surface area (Å²) >= 11 is 3.19. The number of carbonyl (C=O) groups is 3. The minimum Gasteiger partial charge on any atom is -0.467 e. The van der Waals surface area contributed by atoms with Crippen molar-refractivity contribution >= 4 is 33.9 Å². The van der Waals surface area contributed by atoms with E-state index >= 15 is 0 Å². The summed E-state index contributed by atoms with van der Waals surface area (Å²) in [6.07, 6.45) is 0.849. The summed E-state index contributed by atoms with van der Waals surface area (Å²) in [5, 5.41) is 2.65. The Balaban J connectivity index is 1.96. The molecular weight excluding hydrogens is 416 g/mol. The topological polar surface area (TPSA) is 84.9 Å². The minimum atomic E-state index is -0.864. The number of likely N-dealkylation sites (tertiary alicyclic amines) is 1. The Bertz CT molecular complexity index is 695. The number of hydrogen-bond acceptors (Lipinski definition) is 5. The second kappa shape index (κ2) is 10.1. The van der Waals surface area contributed by atoms with Crippen molar-refractivity contribution in [3.05, 3.63) is 47.0 Å². The van der Waals surface area contributed by atoms with Gasteiger partial charge >= 0.3 is 12.1 Å². The van der Waals surface area contributed by atoms with E-state index in [0.29, 0.717) is 23.9 Å². The normalized spacial score (nSPS) is 17.1.